The summed E-state index contributed by atoms with van der Waals surface area (Å²) in [4.78, 5) is 11.1. The molecule has 0 spiro atoms. The minimum atomic E-state index is -0.515. The Labute approximate surface area is 76.0 Å². The van der Waals surface area contributed by atoms with E-state index in [0.717, 1.165) is 4.68 Å². The Hall–Kier alpha value is -1.10. The van der Waals surface area contributed by atoms with Gasteiger partial charge in [-0.05, 0) is 0 Å². The van der Waals surface area contributed by atoms with Crippen molar-refractivity contribution < 1.29 is 9.52 Å². The molecule has 1 rings (SSSR count). The zero-order chi connectivity index (χ0) is 10.1. The molecule has 0 aliphatic heterocycles. The van der Waals surface area contributed by atoms with Crippen molar-refractivity contribution in [2.24, 2.45) is 0 Å². The van der Waals surface area contributed by atoms with Gasteiger partial charge in [-0.15, -0.1) is 5.10 Å². The zero-order valence-corrected chi connectivity index (χ0v) is 8.07. The van der Waals surface area contributed by atoms with E-state index in [9.17, 15) is 4.79 Å². The average Bonchev–Trinajstić information content (AvgIpc) is 2.32. The molecule has 0 bridgehead atoms. The molecule has 0 aliphatic rings. The summed E-state index contributed by atoms with van der Waals surface area (Å²) in [6.45, 7) is 5.78. The fourth-order valence-corrected chi connectivity index (χ4v) is 0.845. The van der Waals surface area contributed by atoms with E-state index >= 15 is 0 Å². The molecule has 0 aliphatic carbocycles. The third-order valence-corrected chi connectivity index (χ3v) is 1.56. The molecule has 0 radical (unpaired) electrons. The van der Waals surface area contributed by atoms with E-state index in [0.29, 0.717) is 5.89 Å². The van der Waals surface area contributed by atoms with Crippen LogP contribution < -0.4 is 5.76 Å². The normalized spacial score (nSPS) is 12.0. The van der Waals surface area contributed by atoms with Crippen LogP contribution in [0.25, 0.3) is 0 Å². The van der Waals surface area contributed by atoms with Crippen LogP contribution in [-0.4, -0.2) is 21.5 Å². The van der Waals surface area contributed by atoms with E-state index < -0.39 is 5.76 Å². The topological polar surface area (TPSA) is 68.3 Å². The molecule has 5 heteroatoms. The van der Waals surface area contributed by atoms with Gasteiger partial charge in [0.05, 0.1) is 13.2 Å². The second kappa shape index (κ2) is 3.33. The Kier molecular flexibility index (Phi) is 2.56. The summed E-state index contributed by atoms with van der Waals surface area (Å²) in [5.41, 5.74) is -0.278. The van der Waals surface area contributed by atoms with Crippen LogP contribution >= 0.6 is 0 Å². The average molecular weight is 186 g/mol. The first-order chi connectivity index (χ1) is 5.95. The minimum Gasteiger partial charge on any atom is -0.394 e. The fourth-order valence-electron chi connectivity index (χ4n) is 0.845. The summed E-state index contributed by atoms with van der Waals surface area (Å²) in [5, 5.41) is 12.6. The van der Waals surface area contributed by atoms with Crippen LogP contribution in [0.15, 0.2) is 9.21 Å². The smallest absolute Gasteiger partial charge is 0.394 e. The lowest BCUT2D eigenvalue weighted by Gasteiger charge is -2.10. The number of rotatable bonds is 2. The van der Waals surface area contributed by atoms with Crippen LogP contribution in [-0.2, 0) is 12.0 Å². The molecule has 1 aromatic heterocycles. The quantitative estimate of drug-likeness (QED) is 0.712. The molecule has 0 unspecified atom stereocenters. The zero-order valence-electron chi connectivity index (χ0n) is 8.07. The van der Waals surface area contributed by atoms with E-state index in [1.807, 2.05) is 20.8 Å². The van der Waals surface area contributed by atoms with E-state index in [-0.39, 0.29) is 18.6 Å². The SMILES string of the molecule is CC(C)(C)c1nn(CCO)c(=O)o1. The molecular weight excluding hydrogens is 172 g/mol. The largest absolute Gasteiger partial charge is 0.437 e. The first-order valence-corrected chi connectivity index (χ1v) is 4.14. The van der Waals surface area contributed by atoms with Crippen LogP contribution in [0.2, 0.25) is 0 Å². The molecule has 1 heterocycles. The Balaban J connectivity index is 3.02. The highest BCUT2D eigenvalue weighted by Gasteiger charge is 2.21. The van der Waals surface area contributed by atoms with Crippen molar-refractivity contribution >= 4 is 0 Å². The van der Waals surface area contributed by atoms with Crippen LogP contribution in [0.3, 0.4) is 0 Å². The van der Waals surface area contributed by atoms with Crippen molar-refractivity contribution in [3.63, 3.8) is 0 Å². The van der Waals surface area contributed by atoms with Gasteiger partial charge in [0.25, 0.3) is 0 Å². The maximum atomic E-state index is 11.1. The van der Waals surface area contributed by atoms with Gasteiger partial charge >= 0.3 is 5.76 Å². The molecule has 5 nitrogen and oxygen atoms in total. The Morgan fingerprint density at radius 3 is 2.54 bits per heavy atom. The summed E-state index contributed by atoms with van der Waals surface area (Å²) in [5.74, 6) is -0.120. The first-order valence-electron chi connectivity index (χ1n) is 4.14. The molecule has 0 aromatic carbocycles. The van der Waals surface area contributed by atoms with Crippen LogP contribution in [0.1, 0.15) is 26.7 Å². The predicted octanol–water partition coefficient (Wildman–Crippen LogP) is 0.126. The van der Waals surface area contributed by atoms with Gasteiger partial charge in [0.2, 0.25) is 5.89 Å². The van der Waals surface area contributed by atoms with Crippen molar-refractivity contribution in [1.82, 2.24) is 9.78 Å². The van der Waals surface area contributed by atoms with Crippen LogP contribution in [0.4, 0.5) is 0 Å². The van der Waals surface area contributed by atoms with E-state index in [1.54, 1.807) is 0 Å². The molecular formula is C8H14N2O3. The lowest BCUT2D eigenvalue weighted by atomic mass is 9.97. The van der Waals surface area contributed by atoms with Gasteiger partial charge in [0.15, 0.2) is 0 Å². The van der Waals surface area contributed by atoms with Crippen LogP contribution in [0.5, 0.6) is 0 Å². The van der Waals surface area contributed by atoms with Gasteiger partial charge in [0.1, 0.15) is 0 Å². The lowest BCUT2D eigenvalue weighted by Crippen LogP contribution is -2.18. The molecule has 1 N–H and O–H groups in total. The van der Waals surface area contributed by atoms with Gasteiger partial charge in [-0.1, -0.05) is 20.8 Å². The third-order valence-electron chi connectivity index (χ3n) is 1.56. The van der Waals surface area contributed by atoms with Crippen molar-refractivity contribution in [2.75, 3.05) is 6.61 Å². The van der Waals surface area contributed by atoms with Crippen LogP contribution in [0, 0.1) is 0 Å². The second-order valence-electron chi connectivity index (χ2n) is 3.87. The first kappa shape index (κ1) is 9.98. The summed E-state index contributed by atoms with van der Waals surface area (Å²) in [6, 6.07) is 0. The van der Waals surface area contributed by atoms with Crippen molar-refractivity contribution in [1.29, 1.82) is 0 Å². The Bertz CT molecular complexity index is 332. The molecule has 0 amide bonds. The Morgan fingerprint density at radius 2 is 2.15 bits per heavy atom. The summed E-state index contributed by atoms with van der Waals surface area (Å²) in [7, 11) is 0. The molecule has 0 saturated heterocycles. The Morgan fingerprint density at radius 1 is 1.54 bits per heavy atom. The highest BCUT2D eigenvalue weighted by atomic mass is 16.4. The van der Waals surface area contributed by atoms with E-state index in [4.69, 9.17) is 9.52 Å². The predicted molar refractivity (Wildman–Crippen MR) is 46.5 cm³/mol. The summed E-state index contributed by atoms with van der Waals surface area (Å²) >= 11 is 0. The van der Waals surface area contributed by atoms with Gasteiger partial charge in [-0.2, -0.15) is 4.68 Å². The number of aliphatic hydroxyl groups is 1. The van der Waals surface area contributed by atoms with Gasteiger partial charge in [0, 0.05) is 5.41 Å². The number of aromatic nitrogens is 2. The van der Waals surface area contributed by atoms with Crippen molar-refractivity contribution in [3.05, 3.63) is 16.4 Å². The van der Waals surface area contributed by atoms with E-state index in [2.05, 4.69) is 5.10 Å². The second-order valence-corrected chi connectivity index (χ2v) is 3.87. The lowest BCUT2D eigenvalue weighted by molar-refractivity contribution is 0.264. The van der Waals surface area contributed by atoms with Crippen molar-refractivity contribution in [3.8, 4) is 0 Å². The molecule has 1 aromatic rings. The summed E-state index contributed by atoms with van der Waals surface area (Å²) < 4.78 is 6.04. The molecule has 13 heavy (non-hydrogen) atoms. The van der Waals surface area contributed by atoms with Crippen molar-refractivity contribution in [2.45, 2.75) is 32.7 Å². The summed E-state index contributed by atoms with van der Waals surface area (Å²) in [6.07, 6.45) is 0. The molecule has 0 fully saturated rings. The van der Waals surface area contributed by atoms with Gasteiger partial charge in [-0.25, -0.2) is 4.79 Å². The maximum absolute atomic E-state index is 11.1. The number of hydrogen-bond donors (Lipinski definition) is 1. The standard InChI is InChI=1S/C8H14N2O3/c1-8(2,3)6-9-10(4-5-11)7(12)13-6/h11H,4-5H2,1-3H3. The van der Waals surface area contributed by atoms with E-state index in [1.165, 1.54) is 0 Å². The highest BCUT2D eigenvalue weighted by Crippen LogP contribution is 2.17. The van der Waals surface area contributed by atoms with Gasteiger partial charge in [-0.3, -0.25) is 0 Å². The molecule has 0 saturated carbocycles. The number of hydrogen-bond acceptors (Lipinski definition) is 4. The molecule has 74 valence electrons. The highest BCUT2D eigenvalue weighted by molar-refractivity contribution is 4.93. The monoisotopic (exact) mass is 186 g/mol. The maximum Gasteiger partial charge on any atom is 0.437 e. The molecule has 0 atom stereocenters. The third kappa shape index (κ3) is 2.18. The van der Waals surface area contributed by atoms with Gasteiger partial charge < -0.3 is 9.52 Å². The minimum absolute atomic E-state index is 0.115. The number of nitrogens with zero attached hydrogens (tertiary/aromatic N) is 2. The number of aliphatic hydroxyl groups excluding tert-OH is 1. The fraction of sp³-hybridized carbons (Fsp3) is 0.750.